The summed E-state index contributed by atoms with van der Waals surface area (Å²) in [6, 6.07) is 40.7. The minimum atomic E-state index is -1.29. The number of carbonyl (C=O) groups is 6. The van der Waals surface area contributed by atoms with Crippen LogP contribution in [-0.2, 0) is 71.7 Å². The number of carboxylic acid groups (broad SMARTS) is 1. The Balaban J connectivity index is 0.000000158. The molecule has 1 heterocycles. The van der Waals surface area contributed by atoms with Crippen LogP contribution in [0.15, 0.2) is 151 Å². The van der Waals surface area contributed by atoms with Crippen LogP contribution in [0.5, 0.6) is 0 Å². The van der Waals surface area contributed by atoms with Gasteiger partial charge in [-0.05, 0) is 265 Å². The van der Waals surface area contributed by atoms with Gasteiger partial charge in [-0.25, -0.2) is 14.4 Å². The summed E-state index contributed by atoms with van der Waals surface area (Å²) in [5, 5.41) is 26.5. The molecule has 0 radical (unpaired) electrons. The van der Waals surface area contributed by atoms with Crippen molar-refractivity contribution in [3.8, 4) is 0 Å². The number of nitrogens with one attached hydrogen (secondary N) is 3. The first-order valence-corrected chi connectivity index (χ1v) is 37.2. The molecule has 5 N–H and O–H groups in total. The Labute approximate surface area is 611 Å². The van der Waals surface area contributed by atoms with Crippen LogP contribution in [0, 0.1) is 24.3 Å². The van der Waals surface area contributed by atoms with Crippen molar-refractivity contribution < 1.29 is 57.8 Å². The Morgan fingerprint density at radius 3 is 1.12 bits per heavy atom. The van der Waals surface area contributed by atoms with E-state index in [1.807, 2.05) is 142 Å². The van der Waals surface area contributed by atoms with E-state index in [0.717, 1.165) is 110 Å². The topological polar surface area (TPSA) is 216 Å². The molecule has 3 amide bonds. The van der Waals surface area contributed by atoms with Gasteiger partial charge in [-0.1, -0.05) is 127 Å². The van der Waals surface area contributed by atoms with Gasteiger partial charge in [0, 0.05) is 59.8 Å². The Bertz CT molecular complexity index is 4020. The number of rotatable bonds is 14. The fourth-order valence-electron chi connectivity index (χ4n) is 14.7. The number of hydrogen-bond donors (Lipinski definition) is 5. The molecule has 1 aliphatic heterocycles. The molecule has 6 aliphatic carbocycles. The van der Waals surface area contributed by atoms with Gasteiger partial charge in [-0.15, -0.1) is 0 Å². The number of hydrogen-bond acceptors (Lipinski definition) is 11. The van der Waals surface area contributed by atoms with Gasteiger partial charge in [0.1, 0.15) is 16.6 Å². The monoisotopic (exact) mass is 1480 g/mol. The minimum absolute atomic E-state index is 0.102. The number of benzene rings is 6. The van der Waals surface area contributed by atoms with Crippen molar-refractivity contribution in [2.24, 2.45) is 0 Å². The maximum atomic E-state index is 13.5. The normalized spacial score (nSPS) is 18.1. The molecule has 7 aliphatic rings. The van der Waals surface area contributed by atoms with E-state index < -0.39 is 22.6 Å². The number of aliphatic carboxylic acids is 1. The number of esters is 2. The van der Waals surface area contributed by atoms with Crippen molar-refractivity contribution in [3.05, 3.63) is 233 Å². The summed E-state index contributed by atoms with van der Waals surface area (Å²) < 4.78 is 23.6. The Hall–Kier alpha value is -7.97. The highest BCUT2D eigenvalue weighted by atomic mass is 127. The summed E-state index contributed by atoms with van der Waals surface area (Å²) in [7, 11) is -0.102. The van der Waals surface area contributed by atoms with E-state index in [2.05, 4.69) is 84.5 Å². The minimum Gasteiger partial charge on any atom is -0.479 e. The van der Waals surface area contributed by atoms with Crippen molar-refractivity contribution in [3.63, 3.8) is 0 Å². The average Bonchev–Trinajstić information content (AvgIpc) is 1.64. The predicted octanol–water partition coefficient (Wildman–Crippen LogP) is 15.6. The van der Waals surface area contributed by atoms with Crippen molar-refractivity contribution in [2.75, 3.05) is 19.8 Å². The fourth-order valence-corrected chi connectivity index (χ4v) is 15.3. The van der Waals surface area contributed by atoms with E-state index in [1.165, 1.54) is 48.7 Å². The number of aliphatic hydroxyl groups is 1. The average molecular weight is 1480 g/mol. The maximum absolute atomic E-state index is 13.5. The van der Waals surface area contributed by atoms with Crippen LogP contribution in [0.25, 0.3) is 11.1 Å². The largest absolute Gasteiger partial charge is 0.490 e. The summed E-state index contributed by atoms with van der Waals surface area (Å²) in [5.74, 6) is -2.47. The van der Waals surface area contributed by atoms with Gasteiger partial charge in [-0.2, -0.15) is 0 Å². The summed E-state index contributed by atoms with van der Waals surface area (Å²) in [4.78, 5) is 77.6. The summed E-state index contributed by atoms with van der Waals surface area (Å²) >= 11 is 2.17. The highest BCUT2D eigenvalue weighted by Gasteiger charge is 2.53. The van der Waals surface area contributed by atoms with Crippen LogP contribution in [0.2, 0.25) is 0 Å². The molecule has 1 saturated heterocycles. The number of aliphatic hydroxyl groups excluding tert-OH is 1. The number of carboxylic acids is 1. The molecule has 1 fully saturated rings. The van der Waals surface area contributed by atoms with Gasteiger partial charge < -0.3 is 44.9 Å². The lowest BCUT2D eigenvalue weighted by molar-refractivity contribution is -0.151. The number of ether oxygens (including phenoxy) is 2. The lowest BCUT2D eigenvalue weighted by atomic mass is 9.73. The van der Waals surface area contributed by atoms with Gasteiger partial charge in [0.2, 0.25) is 0 Å². The molecule has 6 aromatic rings. The molecule has 0 spiro atoms. The van der Waals surface area contributed by atoms with Crippen LogP contribution in [0.3, 0.4) is 0 Å². The van der Waals surface area contributed by atoms with Crippen molar-refractivity contribution in [1.82, 2.24) is 16.0 Å². The highest BCUT2D eigenvalue weighted by Crippen LogP contribution is 2.42. The second-order valence-corrected chi connectivity index (χ2v) is 29.6. The Morgan fingerprint density at radius 2 is 0.782 bits per heavy atom. The van der Waals surface area contributed by atoms with Crippen LogP contribution < -0.4 is 16.0 Å². The quantitative estimate of drug-likeness (QED) is 0.0391. The predicted molar refractivity (Wildman–Crippen MR) is 408 cm³/mol. The third-order valence-electron chi connectivity index (χ3n) is 20.7. The fraction of sp³-hybridized carbons (Fsp3) is 0.429. The molecule has 0 atom stereocenters. The standard InChI is InChI=1S/C26H29NO3.C24H25NO3.C20H20INO3.C12H21BO2.C2H6O/c1-3-30-25(29)26(16-20-13-7-8-14-21(20)17-26)27-24(28)22-15-9-10-18(2)23(22)19-11-5-4-6-12-19;1-16-8-7-13-20(21(16)17-9-3-2-4-10-17)22(26)25-24(23(27)28)14-18-11-5-6-12-19(18)15-24;1-3-25-19(24)20(11-14-8-4-5-9-15(14)12-20)22-18(23)16-10-6-7-13(2)17(16)21;1-11(2)12(3,4)15-13(14-11)10-8-6-5-7-9-10;1-2-3/h7-11,13-15H,3-6,12,16-17H2,1-2H3,(H,27,28);5-9,11-13H,2-4,10,14-15H2,1H3,(H,25,26)(H,27,28);4-10H,3,11-12H2,1-2H3,(H,22,23);8H,5-7,9H2,1-4H3;3H,2H2,1H3. The molecule has 0 unspecified atom stereocenters. The van der Waals surface area contributed by atoms with Gasteiger partial charge in [0.05, 0.1) is 30.0 Å². The lowest BCUT2D eigenvalue weighted by Gasteiger charge is -2.32. The third kappa shape index (κ3) is 18.1. The molecule has 534 valence electrons. The number of carbonyl (C=O) groups excluding carboxylic acids is 5. The first-order valence-electron chi connectivity index (χ1n) is 36.1. The van der Waals surface area contributed by atoms with Crippen LogP contribution in [-0.4, -0.2) is 101 Å². The summed E-state index contributed by atoms with van der Waals surface area (Å²) in [6.45, 7) is 20.5. The van der Waals surface area contributed by atoms with Crippen LogP contribution >= 0.6 is 22.6 Å². The van der Waals surface area contributed by atoms with Gasteiger partial charge in [0.15, 0.2) is 0 Å². The van der Waals surface area contributed by atoms with Gasteiger partial charge >= 0.3 is 25.0 Å². The van der Waals surface area contributed by atoms with E-state index in [-0.39, 0.29) is 67.8 Å². The Kier molecular flexibility index (Phi) is 26.2. The smallest absolute Gasteiger partial charge is 0.479 e. The molecule has 101 heavy (non-hydrogen) atoms. The van der Waals surface area contributed by atoms with Crippen molar-refractivity contribution in [2.45, 2.75) is 213 Å². The summed E-state index contributed by atoms with van der Waals surface area (Å²) in [5.41, 5.74) is 13.3. The molecule has 0 saturated carbocycles. The van der Waals surface area contributed by atoms with Crippen molar-refractivity contribution in [1.29, 1.82) is 0 Å². The first kappa shape index (κ1) is 77.2. The zero-order valence-corrected chi connectivity index (χ0v) is 62.8. The zero-order chi connectivity index (χ0) is 72.7. The van der Waals surface area contributed by atoms with E-state index >= 15 is 0 Å². The van der Waals surface area contributed by atoms with E-state index in [9.17, 15) is 33.9 Å². The maximum Gasteiger partial charge on any atom is 0.490 e. The molecule has 6 aromatic carbocycles. The second kappa shape index (κ2) is 34.3. The number of allylic oxidation sites excluding steroid dienone is 6. The zero-order valence-electron chi connectivity index (χ0n) is 60.6. The summed E-state index contributed by atoms with van der Waals surface area (Å²) in [6.07, 6.45) is 22.8. The van der Waals surface area contributed by atoms with Crippen LogP contribution in [0.4, 0.5) is 0 Å². The number of fused-ring (bicyclic) bond motifs is 3. The number of amides is 3. The van der Waals surface area contributed by atoms with E-state index in [4.69, 9.17) is 23.9 Å². The number of aryl methyl sites for hydroxylation is 3. The SMILES string of the molecule is CC1(C)OB(C2=CCCCC2)OC1(C)C.CCO.CCOC(=O)C1(NC(=O)c2cccc(C)c2C2=CCCCC2)Cc2ccccc2C1.CCOC(=O)C1(NC(=O)c2cccc(C)c2I)Cc2ccccc2C1.Cc1cccc(C(=O)NC2(C(=O)O)Cc3ccccc3C2)c1C1=CCCCC1. The molecule has 13 rings (SSSR count). The van der Waals surface area contributed by atoms with E-state index in [1.54, 1.807) is 26.8 Å². The molecule has 0 aromatic heterocycles. The first-order chi connectivity index (χ1) is 48.3. The van der Waals surface area contributed by atoms with Gasteiger partial charge in [-0.3, -0.25) is 14.4 Å². The molecular formula is C84H101BIN3O12. The van der Waals surface area contributed by atoms with Crippen molar-refractivity contribution >= 4 is 76.5 Å². The van der Waals surface area contributed by atoms with Gasteiger partial charge in [0.25, 0.3) is 17.7 Å². The van der Waals surface area contributed by atoms with Crippen LogP contribution in [0.1, 0.15) is 218 Å². The molecule has 17 heteroatoms. The molecule has 0 bridgehead atoms. The molecular weight excluding hydrogens is 1380 g/mol. The van der Waals surface area contributed by atoms with E-state index in [0.29, 0.717) is 55.2 Å². The lowest BCUT2D eigenvalue weighted by Crippen LogP contribution is -2.56. The second-order valence-electron chi connectivity index (χ2n) is 28.5. The highest BCUT2D eigenvalue weighted by molar-refractivity contribution is 14.1. The Morgan fingerprint density at radius 1 is 0.455 bits per heavy atom. The third-order valence-corrected chi connectivity index (χ3v) is 22.1. The number of halogens is 1. The molecule has 15 nitrogen and oxygen atoms in total.